The second-order valence-corrected chi connectivity index (χ2v) is 7.30. The zero-order chi connectivity index (χ0) is 17.3. The molecule has 1 N–H and O–H groups in total. The number of thiophene rings is 1. The summed E-state index contributed by atoms with van der Waals surface area (Å²) in [4.78, 5) is 16.1. The van der Waals surface area contributed by atoms with Crippen LogP contribution in [0, 0.1) is 25.2 Å². The number of aryl methyl sites for hydroxylation is 2. The highest BCUT2D eigenvalue weighted by Gasteiger charge is 2.24. The van der Waals surface area contributed by atoms with Gasteiger partial charge in [-0.3, -0.25) is 9.69 Å². The number of amides is 1. The summed E-state index contributed by atoms with van der Waals surface area (Å²) in [5.41, 5.74) is 4.64. The van der Waals surface area contributed by atoms with Crippen LogP contribution < -0.4 is 5.32 Å². The summed E-state index contributed by atoms with van der Waals surface area (Å²) < 4.78 is 0. The maximum atomic E-state index is 12.6. The molecule has 5 heteroatoms. The van der Waals surface area contributed by atoms with Crippen molar-refractivity contribution in [3.8, 4) is 6.07 Å². The monoisotopic (exact) mass is 339 g/mol. The van der Waals surface area contributed by atoms with Crippen molar-refractivity contribution in [2.45, 2.75) is 33.7 Å². The Hall–Kier alpha value is -2.16. The normalized spacial score (nSPS) is 14.1. The van der Waals surface area contributed by atoms with Gasteiger partial charge in [-0.15, -0.1) is 11.3 Å². The largest absolute Gasteiger partial charge is 0.312 e. The van der Waals surface area contributed by atoms with E-state index in [2.05, 4.69) is 23.2 Å². The molecular formula is C19H21N3OS. The Bertz CT molecular complexity index is 832. The number of hydrogen-bond acceptors (Lipinski definition) is 4. The molecule has 2 aromatic rings. The van der Waals surface area contributed by atoms with Crippen LogP contribution in [0.4, 0.5) is 5.00 Å². The van der Waals surface area contributed by atoms with E-state index in [0.29, 0.717) is 16.1 Å². The first-order valence-corrected chi connectivity index (χ1v) is 9.00. The van der Waals surface area contributed by atoms with Gasteiger partial charge in [0.1, 0.15) is 11.1 Å². The molecule has 124 valence electrons. The Kier molecular flexibility index (Phi) is 4.70. The molecule has 0 saturated heterocycles. The standard InChI is InChI=1S/C19H21N3OS/c1-4-22-8-7-15-16(10-20)19(24-17(15)11-22)21-18(23)14-6-5-12(2)13(3)9-14/h5-6,9H,4,7-8,11H2,1-3H3,(H,21,23). The van der Waals surface area contributed by atoms with Crippen LogP contribution in [0.5, 0.6) is 0 Å². The minimum Gasteiger partial charge on any atom is -0.312 e. The molecule has 1 aliphatic rings. The van der Waals surface area contributed by atoms with Gasteiger partial charge in [0.2, 0.25) is 0 Å². The van der Waals surface area contributed by atoms with Crippen molar-refractivity contribution >= 4 is 22.2 Å². The minimum atomic E-state index is -0.152. The summed E-state index contributed by atoms with van der Waals surface area (Å²) in [6.07, 6.45) is 0.877. The molecule has 4 nitrogen and oxygen atoms in total. The summed E-state index contributed by atoms with van der Waals surface area (Å²) in [6.45, 7) is 9.01. The van der Waals surface area contributed by atoms with E-state index in [4.69, 9.17) is 0 Å². The average molecular weight is 339 g/mol. The highest BCUT2D eigenvalue weighted by Crippen LogP contribution is 2.36. The average Bonchev–Trinajstić information content (AvgIpc) is 2.93. The van der Waals surface area contributed by atoms with Gasteiger partial charge in [-0.25, -0.2) is 0 Å². The molecule has 0 saturated carbocycles. The highest BCUT2D eigenvalue weighted by molar-refractivity contribution is 7.16. The van der Waals surface area contributed by atoms with E-state index in [9.17, 15) is 10.1 Å². The number of carbonyl (C=O) groups is 1. The Morgan fingerprint density at radius 1 is 1.38 bits per heavy atom. The van der Waals surface area contributed by atoms with Gasteiger partial charge in [0.15, 0.2) is 0 Å². The van der Waals surface area contributed by atoms with Crippen molar-refractivity contribution in [1.82, 2.24) is 4.90 Å². The van der Waals surface area contributed by atoms with Crippen LogP contribution >= 0.6 is 11.3 Å². The third kappa shape index (κ3) is 3.08. The third-order valence-corrected chi connectivity index (χ3v) is 5.82. The van der Waals surface area contributed by atoms with Crippen LogP contribution in [0.3, 0.4) is 0 Å². The van der Waals surface area contributed by atoms with Gasteiger partial charge in [0.25, 0.3) is 5.91 Å². The number of benzene rings is 1. The van der Waals surface area contributed by atoms with Crippen LogP contribution in [-0.4, -0.2) is 23.9 Å². The third-order valence-electron chi connectivity index (χ3n) is 4.69. The molecule has 1 aliphatic heterocycles. The molecule has 2 heterocycles. The maximum Gasteiger partial charge on any atom is 0.256 e. The number of likely N-dealkylation sites (N-methyl/N-ethyl adjacent to an activating group) is 1. The lowest BCUT2D eigenvalue weighted by Crippen LogP contribution is -2.29. The van der Waals surface area contributed by atoms with E-state index < -0.39 is 0 Å². The molecular weight excluding hydrogens is 318 g/mol. The molecule has 0 radical (unpaired) electrons. The van der Waals surface area contributed by atoms with Gasteiger partial charge in [-0.1, -0.05) is 13.0 Å². The predicted molar refractivity (Wildman–Crippen MR) is 97.6 cm³/mol. The summed E-state index contributed by atoms with van der Waals surface area (Å²) in [5.74, 6) is -0.152. The number of hydrogen-bond donors (Lipinski definition) is 1. The fourth-order valence-corrected chi connectivity index (χ4v) is 4.23. The molecule has 1 aromatic heterocycles. The van der Waals surface area contributed by atoms with E-state index >= 15 is 0 Å². The van der Waals surface area contributed by atoms with Crippen molar-refractivity contribution < 1.29 is 4.79 Å². The maximum absolute atomic E-state index is 12.6. The van der Waals surface area contributed by atoms with E-state index in [1.165, 1.54) is 16.2 Å². The highest BCUT2D eigenvalue weighted by atomic mass is 32.1. The van der Waals surface area contributed by atoms with E-state index in [1.807, 2.05) is 32.0 Å². The number of rotatable bonds is 3. The zero-order valence-electron chi connectivity index (χ0n) is 14.3. The smallest absolute Gasteiger partial charge is 0.256 e. The molecule has 24 heavy (non-hydrogen) atoms. The number of nitrogens with zero attached hydrogens (tertiary/aromatic N) is 2. The van der Waals surface area contributed by atoms with Crippen molar-refractivity contribution in [3.05, 3.63) is 50.9 Å². The molecule has 0 spiro atoms. The number of anilines is 1. The Morgan fingerprint density at radius 3 is 2.83 bits per heavy atom. The fraction of sp³-hybridized carbons (Fsp3) is 0.368. The SMILES string of the molecule is CCN1CCc2c(sc(NC(=O)c3ccc(C)c(C)c3)c2C#N)C1. The van der Waals surface area contributed by atoms with Crippen LogP contribution in [-0.2, 0) is 13.0 Å². The number of fused-ring (bicyclic) bond motifs is 1. The van der Waals surface area contributed by atoms with Gasteiger partial charge in [0.05, 0.1) is 5.56 Å². The van der Waals surface area contributed by atoms with Crippen molar-refractivity contribution in [3.63, 3.8) is 0 Å². The lowest BCUT2D eigenvalue weighted by atomic mass is 10.0. The van der Waals surface area contributed by atoms with Crippen molar-refractivity contribution in [2.24, 2.45) is 0 Å². The minimum absolute atomic E-state index is 0.152. The topological polar surface area (TPSA) is 56.1 Å². The Balaban J connectivity index is 1.87. The van der Waals surface area contributed by atoms with Crippen molar-refractivity contribution in [1.29, 1.82) is 5.26 Å². The Morgan fingerprint density at radius 2 is 2.17 bits per heavy atom. The van der Waals surface area contributed by atoms with E-state index in [0.717, 1.165) is 42.7 Å². The quantitative estimate of drug-likeness (QED) is 0.923. The molecule has 3 rings (SSSR count). The van der Waals surface area contributed by atoms with Crippen LogP contribution in [0.25, 0.3) is 0 Å². The van der Waals surface area contributed by atoms with Crippen molar-refractivity contribution in [2.75, 3.05) is 18.4 Å². The number of nitriles is 1. The van der Waals surface area contributed by atoms with Gasteiger partial charge in [-0.2, -0.15) is 5.26 Å². The first-order chi connectivity index (χ1) is 11.5. The molecule has 0 atom stereocenters. The summed E-state index contributed by atoms with van der Waals surface area (Å²) in [7, 11) is 0. The molecule has 0 fully saturated rings. The molecule has 0 unspecified atom stereocenters. The van der Waals surface area contributed by atoms with Crippen LogP contribution in [0.15, 0.2) is 18.2 Å². The van der Waals surface area contributed by atoms with Crippen LogP contribution in [0.1, 0.15) is 44.4 Å². The number of nitrogens with one attached hydrogen (secondary N) is 1. The first-order valence-electron chi connectivity index (χ1n) is 8.19. The predicted octanol–water partition coefficient (Wildman–Crippen LogP) is 3.87. The molecule has 0 aliphatic carbocycles. The molecule has 1 aromatic carbocycles. The zero-order valence-corrected chi connectivity index (χ0v) is 15.1. The van der Waals surface area contributed by atoms with Gasteiger partial charge in [-0.05, 0) is 55.6 Å². The second-order valence-electron chi connectivity index (χ2n) is 6.19. The lowest BCUT2D eigenvalue weighted by molar-refractivity contribution is 0.102. The lowest BCUT2D eigenvalue weighted by Gasteiger charge is -2.24. The van der Waals surface area contributed by atoms with Gasteiger partial charge < -0.3 is 5.32 Å². The Labute approximate surface area is 146 Å². The van der Waals surface area contributed by atoms with Crippen LogP contribution in [0.2, 0.25) is 0 Å². The summed E-state index contributed by atoms with van der Waals surface area (Å²) >= 11 is 1.54. The number of carbonyl (C=O) groups excluding carboxylic acids is 1. The van der Waals surface area contributed by atoms with Gasteiger partial charge in [0, 0.05) is 23.5 Å². The summed E-state index contributed by atoms with van der Waals surface area (Å²) in [5, 5.41) is 13.2. The van der Waals surface area contributed by atoms with E-state index in [1.54, 1.807) is 0 Å². The summed E-state index contributed by atoms with van der Waals surface area (Å²) in [6, 6.07) is 7.96. The molecule has 0 bridgehead atoms. The second kappa shape index (κ2) is 6.76. The first kappa shape index (κ1) is 16.7. The van der Waals surface area contributed by atoms with E-state index in [-0.39, 0.29) is 5.91 Å². The molecule has 1 amide bonds. The van der Waals surface area contributed by atoms with Gasteiger partial charge >= 0.3 is 0 Å². The fourth-order valence-electron chi connectivity index (χ4n) is 2.99.